The average Bonchev–Trinajstić information content (AvgIpc) is 3.01. The largest absolute Gasteiger partial charge is 0.475 e. The van der Waals surface area contributed by atoms with Crippen molar-refractivity contribution < 1.29 is 28.8 Å². The van der Waals surface area contributed by atoms with Gasteiger partial charge in [-0.1, -0.05) is 24.3 Å². The highest BCUT2D eigenvalue weighted by molar-refractivity contribution is 6.31. The molecule has 0 spiro atoms. The number of hydrazine groups is 1. The SMILES string of the molecule is CCOC(=O)COc1ccc(C=C2C(=O)NN(c3ccccc3)C2=O)cc1[N+](=O)[O-]. The van der Waals surface area contributed by atoms with Gasteiger partial charge in [-0.2, -0.15) is 0 Å². The summed E-state index contributed by atoms with van der Waals surface area (Å²) in [5.74, 6) is -2.01. The number of amides is 2. The zero-order valence-electron chi connectivity index (χ0n) is 15.9. The van der Waals surface area contributed by atoms with Crippen LogP contribution < -0.4 is 15.2 Å². The second-order valence-electron chi connectivity index (χ2n) is 6.05. The lowest BCUT2D eigenvalue weighted by atomic mass is 10.1. The molecule has 2 aromatic carbocycles. The molecule has 10 heteroatoms. The van der Waals surface area contributed by atoms with E-state index in [1.165, 1.54) is 18.2 Å². The number of nitro benzene ring substituents is 1. The Hall–Kier alpha value is -4.21. The van der Waals surface area contributed by atoms with Crippen LogP contribution in [0.4, 0.5) is 11.4 Å². The maximum absolute atomic E-state index is 12.6. The molecule has 0 aromatic heterocycles. The maximum Gasteiger partial charge on any atom is 0.344 e. The van der Waals surface area contributed by atoms with E-state index in [0.717, 1.165) is 11.1 Å². The third kappa shape index (κ3) is 4.43. The molecule has 0 atom stereocenters. The fourth-order valence-electron chi connectivity index (χ4n) is 2.71. The third-order valence-corrected chi connectivity index (χ3v) is 4.05. The number of esters is 1. The molecule has 0 unspecified atom stereocenters. The van der Waals surface area contributed by atoms with E-state index in [0.29, 0.717) is 5.69 Å². The smallest absolute Gasteiger partial charge is 0.344 e. The van der Waals surface area contributed by atoms with Crippen LogP contribution in [0.3, 0.4) is 0 Å². The fraction of sp³-hybridized carbons (Fsp3) is 0.150. The molecule has 1 saturated heterocycles. The molecule has 30 heavy (non-hydrogen) atoms. The molecule has 10 nitrogen and oxygen atoms in total. The standard InChI is InChI=1S/C20H17N3O7/c1-2-29-18(24)12-30-17-9-8-13(11-16(17)23(27)28)10-15-19(25)21-22(20(15)26)14-6-4-3-5-7-14/h3-11H,2,12H2,1H3,(H,21,25). The van der Waals surface area contributed by atoms with Crippen molar-refractivity contribution in [3.8, 4) is 5.75 Å². The fourth-order valence-corrected chi connectivity index (χ4v) is 2.71. The van der Waals surface area contributed by atoms with Crippen molar-refractivity contribution >= 4 is 35.2 Å². The van der Waals surface area contributed by atoms with E-state index < -0.39 is 35.0 Å². The zero-order valence-corrected chi connectivity index (χ0v) is 15.9. The van der Waals surface area contributed by atoms with Gasteiger partial charge in [0.05, 0.1) is 17.2 Å². The van der Waals surface area contributed by atoms with Gasteiger partial charge in [-0.15, -0.1) is 0 Å². The maximum atomic E-state index is 12.6. The van der Waals surface area contributed by atoms with Gasteiger partial charge in [-0.05, 0) is 36.8 Å². The summed E-state index contributed by atoms with van der Waals surface area (Å²) in [6, 6.07) is 12.4. The van der Waals surface area contributed by atoms with E-state index in [4.69, 9.17) is 9.47 Å². The summed E-state index contributed by atoms with van der Waals surface area (Å²) in [4.78, 5) is 47.0. The minimum atomic E-state index is -0.685. The van der Waals surface area contributed by atoms with E-state index in [-0.39, 0.29) is 23.5 Å². The number of nitrogens with one attached hydrogen (secondary N) is 1. The number of hydrogen-bond donors (Lipinski definition) is 1. The summed E-state index contributed by atoms with van der Waals surface area (Å²) in [7, 11) is 0. The van der Waals surface area contributed by atoms with Gasteiger partial charge in [0.25, 0.3) is 11.8 Å². The van der Waals surface area contributed by atoms with Crippen molar-refractivity contribution in [3.05, 3.63) is 69.8 Å². The van der Waals surface area contributed by atoms with Crippen molar-refractivity contribution in [3.63, 3.8) is 0 Å². The molecular weight excluding hydrogens is 394 g/mol. The van der Waals surface area contributed by atoms with E-state index in [2.05, 4.69) is 5.43 Å². The van der Waals surface area contributed by atoms with Crippen molar-refractivity contribution in [1.29, 1.82) is 0 Å². The highest BCUT2D eigenvalue weighted by atomic mass is 16.6. The first kappa shape index (κ1) is 20.5. The normalized spacial score (nSPS) is 14.6. The Morgan fingerprint density at radius 2 is 1.93 bits per heavy atom. The molecule has 154 valence electrons. The number of rotatable bonds is 7. The second-order valence-corrected chi connectivity index (χ2v) is 6.05. The Morgan fingerprint density at radius 3 is 2.60 bits per heavy atom. The number of nitro groups is 1. The van der Waals surface area contributed by atoms with E-state index in [9.17, 15) is 24.5 Å². The highest BCUT2D eigenvalue weighted by Gasteiger charge is 2.34. The second kappa shape index (κ2) is 8.86. The van der Waals surface area contributed by atoms with E-state index in [1.807, 2.05) is 0 Å². The van der Waals surface area contributed by atoms with Crippen molar-refractivity contribution in [2.45, 2.75) is 6.92 Å². The summed E-state index contributed by atoms with van der Waals surface area (Å²) in [6.45, 7) is 1.30. The number of hydrogen-bond acceptors (Lipinski definition) is 7. The zero-order chi connectivity index (χ0) is 21.7. The quantitative estimate of drug-likeness (QED) is 0.243. The molecular formula is C20H17N3O7. The van der Waals surface area contributed by atoms with Gasteiger partial charge in [0, 0.05) is 6.07 Å². The summed E-state index contributed by atoms with van der Waals surface area (Å²) in [5, 5.41) is 12.5. The Kier molecular flexibility index (Phi) is 6.06. The van der Waals surface area contributed by atoms with Crippen LogP contribution in [0.25, 0.3) is 6.08 Å². The number of nitrogens with zero attached hydrogens (tertiary/aromatic N) is 2. The van der Waals surface area contributed by atoms with Crippen LogP contribution in [0.2, 0.25) is 0 Å². The van der Waals surface area contributed by atoms with Crippen molar-refractivity contribution in [1.82, 2.24) is 5.43 Å². The molecule has 0 saturated carbocycles. The Morgan fingerprint density at radius 1 is 1.20 bits per heavy atom. The number of ether oxygens (including phenoxy) is 2. The van der Waals surface area contributed by atoms with Gasteiger partial charge in [0.2, 0.25) is 0 Å². The number of anilines is 1. The molecule has 0 aliphatic carbocycles. The van der Waals surface area contributed by atoms with E-state index in [1.54, 1.807) is 37.3 Å². The first-order chi connectivity index (χ1) is 14.4. The predicted octanol–water partition coefficient (Wildman–Crippen LogP) is 2.00. The van der Waals surface area contributed by atoms with Gasteiger partial charge in [0.15, 0.2) is 12.4 Å². The molecule has 3 rings (SSSR count). The Balaban J connectivity index is 1.85. The van der Waals surface area contributed by atoms with Gasteiger partial charge in [-0.25, -0.2) is 9.80 Å². The lowest BCUT2D eigenvalue weighted by Crippen LogP contribution is -2.35. The van der Waals surface area contributed by atoms with Gasteiger partial charge in [0.1, 0.15) is 5.57 Å². The topological polar surface area (TPSA) is 128 Å². The predicted molar refractivity (Wildman–Crippen MR) is 105 cm³/mol. The molecule has 1 N–H and O–H groups in total. The van der Waals surface area contributed by atoms with Crippen molar-refractivity contribution in [2.75, 3.05) is 18.2 Å². The first-order valence-corrected chi connectivity index (χ1v) is 8.89. The van der Waals surface area contributed by atoms with Crippen LogP contribution in [-0.2, 0) is 19.1 Å². The molecule has 0 bridgehead atoms. The van der Waals surface area contributed by atoms with Gasteiger partial charge < -0.3 is 9.47 Å². The van der Waals surface area contributed by atoms with Crippen LogP contribution in [0.15, 0.2) is 54.1 Å². The average molecular weight is 411 g/mol. The molecule has 0 radical (unpaired) electrons. The Labute approximate surface area is 170 Å². The molecule has 2 amide bonds. The minimum absolute atomic E-state index is 0.136. The lowest BCUT2D eigenvalue weighted by molar-refractivity contribution is -0.385. The summed E-state index contributed by atoms with van der Waals surface area (Å²) < 4.78 is 9.88. The monoisotopic (exact) mass is 411 g/mol. The number of carbonyl (C=O) groups is 3. The summed E-state index contributed by atoms with van der Waals surface area (Å²) in [6.07, 6.45) is 1.25. The summed E-state index contributed by atoms with van der Waals surface area (Å²) in [5.41, 5.74) is 2.59. The summed E-state index contributed by atoms with van der Waals surface area (Å²) >= 11 is 0. The number of para-hydroxylation sites is 1. The molecule has 1 aliphatic heterocycles. The Bertz CT molecular complexity index is 1030. The van der Waals surface area contributed by atoms with Crippen LogP contribution in [-0.4, -0.2) is 35.9 Å². The van der Waals surface area contributed by atoms with Crippen LogP contribution in [0.5, 0.6) is 5.75 Å². The molecule has 1 fully saturated rings. The van der Waals surface area contributed by atoms with Crippen LogP contribution >= 0.6 is 0 Å². The molecule has 1 heterocycles. The van der Waals surface area contributed by atoms with Crippen LogP contribution in [0, 0.1) is 10.1 Å². The van der Waals surface area contributed by atoms with E-state index >= 15 is 0 Å². The molecule has 2 aromatic rings. The van der Waals surface area contributed by atoms with Crippen molar-refractivity contribution in [2.24, 2.45) is 0 Å². The number of benzene rings is 2. The minimum Gasteiger partial charge on any atom is -0.475 e. The van der Waals surface area contributed by atoms with Gasteiger partial charge >= 0.3 is 11.7 Å². The lowest BCUT2D eigenvalue weighted by Gasteiger charge is -2.13. The molecule has 1 aliphatic rings. The highest BCUT2D eigenvalue weighted by Crippen LogP contribution is 2.30. The third-order valence-electron chi connectivity index (χ3n) is 4.05. The van der Waals surface area contributed by atoms with Gasteiger partial charge in [-0.3, -0.25) is 25.1 Å². The number of carbonyl (C=O) groups excluding carboxylic acids is 3. The first-order valence-electron chi connectivity index (χ1n) is 8.89. The van der Waals surface area contributed by atoms with Crippen LogP contribution in [0.1, 0.15) is 12.5 Å².